The number of aliphatic hydroxyl groups is 1. The molecule has 1 aliphatic carbocycles. The first kappa shape index (κ1) is 23.5. The topological polar surface area (TPSA) is 112 Å². The highest BCUT2D eigenvalue weighted by atomic mass is 16.7. The van der Waals surface area contributed by atoms with Crippen molar-refractivity contribution >= 4 is 17.8 Å². The molecule has 0 bridgehead atoms. The predicted octanol–water partition coefficient (Wildman–Crippen LogP) is 2.94. The molecule has 1 aromatic heterocycles. The Morgan fingerprint density at radius 1 is 1.35 bits per heavy atom. The summed E-state index contributed by atoms with van der Waals surface area (Å²) in [4.78, 5) is 34.1. The smallest absolute Gasteiger partial charge is 0.325 e. The van der Waals surface area contributed by atoms with Gasteiger partial charge < -0.3 is 20.4 Å². The molecule has 1 aromatic rings. The van der Waals surface area contributed by atoms with E-state index in [9.17, 15) is 19.8 Å². The lowest BCUT2D eigenvalue weighted by Crippen LogP contribution is -2.53. The van der Waals surface area contributed by atoms with Crippen LogP contribution in [0.4, 0.5) is 5.82 Å². The Morgan fingerprint density at radius 2 is 2.16 bits per heavy atom. The molecular weight excluding hydrogens is 398 g/mol. The molecule has 2 heterocycles. The summed E-state index contributed by atoms with van der Waals surface area (Å²) < 4.78 is 0. The molecule has 0 radical (unpaired) electrons. The summed E-state index contributed by atoms with van der Waals surface area (Å²) in [6.45, 7) is 2.69. The number of hydroxylamine groups is 2. The van der Waals surface area contributed by atoms with Crippen LogP contribution >= 0.6 is 0 Å². The van der Waals surface area contributed by atoms with Gasteiger partial charge in [0.15, 0.2) is 0 Å². The van der Waals surface area contributed by atoms with Crippen LogP contribution in [0.1, 0.15) is 69.5 Å². The van der Waals surface area contributed by atoms with Crippen LogP contribution in [-0.2, 0) is 27.3 Å². The highest BCUT2D eigenvalue weighted by molar-refractivity contribution is 5.74. The molecule has 8 nitrogen and oxygen atoms in total. The molecule has 0 unspecified atom stereocenters. The van der Waals surface area contributed by atoms with Crippen LogP contribution in [0.2, 0.25) is 0 Å². The first-order valence-electron chi connectivity index (χ1n) is 11.6. The van der Waals surface area contributed by atoms with Crippen LogP contribution in [0.3, 0.4) is 0 Å². The van der Waals surface area contributed by atoms with E-state index in [0.717, 1.165) is 63.0 Å². The fourth-order valence-corrected chi connectivity index (χ4v) is 4.36. The van der Waals surface area contributed by atoms with Crippen LogP contribution in [-0.4, -0.2) is 57.4 Å². The summed E-state index contributed by atoms with van der Waals surface area (Å²) >= 11 is 0. The summed E-state index contributed by atoms with van der Waals surface area (Å²) in [5, 5.41) is 23.6. The number of aryl methyl sites for hydroxylation is 2. The summed E-state index contributed by atoms with van der Waals surface area (Å²) in [7, 11) is 0. The van der Waals surface area contributed by atoms with Gasteiger partial charge in [-0.3, -0.25) is 9.59 Å². The molecule has 1 saturated carbocycles. The van der Waals surface area contributed by atoms with E-state index in [1.165, 1.54) is 10.6 Å². The van der Waals surface area contributed by atoms with Crippen molar-refractivity contribution in [2.75, 3.05) is 18.5 Å². The van der Waals surface area contributed by atoms with Crippen LogP contribution < -0.4 is 5.32 Å². The van der Waals surface area contributed by atoms with Gasteiger partial charge >= 0.3 is 11.9 Å². The molecule has 1 atom stereocenters. The number of aliphatic hydroxyl groups excluding tert-OH is 1. The summed E-state index contributed by atoms with van der Waals surface area (Å²) in [5.74, 6) is -0.0308. The van der Waals surface area contributed by atoms with Crippen molar-refractivity contribution in [3.63, 3.8) is 0 Å². The number of aliphatic carboxylic acids is 1. The second-order valence-corrected chi connectivity index (χ2v) is 8.66. The van der Waals surface area contributed by atoms with Gasteiger partial charge in [-0.1, -0.05) is 19.4 Å². The average molecular weight is 434 g/mol. The lowest BCUT2D eigenvalue weighted by atomic mass is 9.76. The van der Waals surface area contributed by atoms with Gasteiger partial charge in [0.2, 0.25) is 0 Å². The zero-order valence-electron chi connectivity index (χ0n) is 18.4. The van der Waals surface area contributed by atoms with Gasteiger partial charge in [-0.2, -0.15) is 0 Å². The molecule has 3 N–H and O–H groups in total. The van der Waals surface area contributed by atoms with Gasteiger partial charge in [0, 0.05) is 31.3 Å². The maximum absolute atomic E-state index is 12.2. The minimum Gasteiger partial charge on any atom is -0.480 e. The van der Waals surface area contributed by atoms with E-state index in [0.29, 0.717) is 12.3 Å². The number of hydrogen-bond donors (Lipinski definition) is 3. The standard InChI is InChI=1S/C23H35N3O5/c1-2-3-6-21(28)31-26(20(11-13-27)23(29)30)19-14-16(15-19)7-9-18-10-8-17-5-4-12-24-22(17)25-18/h8,10,16,19-20,27H,2-7,9,11-15H2,1H3,(H,24,25)(H,29,30)/t16?,19?,20-/m0/s1. The highest BCUT2D eigenvalue weighted by Crippen LogP contribution is 2.37. The van der Waals surface area contributed by atoms with Crippen molar-refractivity contribution < 1.29 is 24.6 Å². The van der Waals surface area contributed by atoms with Crippen molar-refractivity contribution in [3.8, 4) is 0 Å². The lowest BCUT2D eigenvalue weighted by Gasteiger charge is -2.43. The molecule has 3 rings (SSSR count). The zero-order valence-corrected chi connectivity index (χ0v) is 18.4. The number of anilines is 1. The van der Waals surface area contributed by atoms with Gasteiger partial charge in [-0.15, -0.1) is 5.06 Å². The maximum atomic E-state index is 12.2. The molecule has 8 heteroatoms. The Morgan fingerprint density at radius 3 is 2.87 bits per heavy atom. The largest absolute Gasteiger partial charge is 0.480 e. The van der Waals surface area contributed by atoms with Gasteiger partial charge in [-0.25, -0.2) is 4.98 Å². The summed E-state index contributed by atoms with van der Waals surface area (Å²) in [5.41, 5.74) is 2.35. The third-order valence-electron chi connectivity index (χ3n) is 6.27. The number of carbonyl (C=O) groups excluding carboxylic acids is 1. The number of hydrogen-bond acceptors (Lipinski definition) is 7. The molecule has 0 aromatic carbocycles. The number of pyridine rings is 1. The number of unbranched alkanes of at least 4 members (excludes halogenated alkanes) is 1. The summed E-state index contributed by atoms with van der Waals surface area (Å²) in [6.07, 6.45) is 7.50. The van der Waals surface area contributed by atoms with E-state index in [1.54, 1.807) is 0 Å². The number of rotatable bonds is 12. The van der Waals surface area contributed by atoms with Crippen molar-refractivity contribution in [3.05, 3.63) is 23.4 Å². The molecule has 1 fully saturated rings. The van der Waals surface area contributed by atoms with Gasteiger partial charge in [0.25, 0.3) is 0 Å². The zero-order chi connectivity index (χ0) is 22.2. The normalized spacial score (nSPS) is 21.0. The Bertz CT molecular complexity index is 751. The first-order chi connectivity index (χ1) is 15.0. The van der Waals surface area contributed by atoms with Crippen molar-refractivity contribution in [2.24, 2.45) is 5.92 Å². The molecular formula is C23H35N3O5. The maximum Gasteiger partial charge on any atom is 0.325 e. The van der Waals surface area contributed by atoms with Crippen molar-refractivity contribution in [1.29, 1.82) is 0 Å². The second-order valence-electron chi connectivity index (χ2n) is 8.66. The van der Waals surface area contributed by atoms with Crippen LogP contribution in [0, 0.1) is 5.92 Å². The molecule has 0 spiro atoms. The van der Waals surface area contributed by atoms with Gasteiger partial charge in [0.05, 0.1) is 0 Å². The number of carboxylic acid groups (broad SMARTS) is 1. The van der Waals surface area contributed by atoms with Gasteiger partial charge in [-0.05, 0) is 68.9 Å². The fraction of sp³-hybridized carbons (Fsp3) is 0.696. The molecule has 172 valence electrons. The van der Waals surface area contributed by atoms with E-state index in [4.69, 9.17) is 9.82 Å². The van der Waals surface area contributed by atoms with E-state index >= 15 is 0 Å². The fourth-order valence-electron chi connectivity index (χ4n) is 4.36. The lowest BCUT2D eigenvalue weighted by molar-refractivity contribution is -0.233. The van der Waals surface area contributed by atoms with Crippen molar-refractivity contribution in [1.82, 2.24) is 10.0 Å². The van der Waals surface area contributed by atoms with E-state index in [2.05, 4.69) is 17.4 Å². The van der Waals surface area contributed by atoms with Gasteiger partial charge in [0.1, 0.15) is 11.9 Å². The number of nitrogens with zero attached hydrogens (tertiary/aromatic N) is 2. The average Bonchev–Trinajstić information content (AvgIpc) is 2.73. The Kier molecular flexibility index (Phi) is 8.66. The third kappa shape index (κ3) is 6.40. The first-order valence-corrected chi connectivity index (χ1v) is 11.6. The molecule has 0 amide bonds. The highest BCUT2D eigenvalue weighted by Gasteiger charge is 2.41. The van der Waals surface area contributed by atoms with E-state index < -0.39 is 18.0 Å². The SMILES string of the molecule is CCCCC(=O)ON(C1CC(CCc2ccc3c(n2)NCCC3)C1)[C@@H](CCO)C(=O)O. The summed E-state index contributed by atoms with van der Waals surface area (Å²) in [6, 6.07) is 3.12. The van der Waals surface area contributed by atoms with Crippen LogP contribution in [0.15, 0.2) is 12.1 Å². The number of aromatic nitrogens is 1. The number of nitrogens with one attached hydrogen (secondary N) is 1. The third-order valence-corrected chi connectivity index (χ3v) is 6.27. The minimum absolute atomic E-state index is 0.0314. The monoisotopic (exact) mass is 433 g/mol. The van der Waals surface area contributed by atoms with E-state index in [-0.39, 0.29) is 25.5 Å². The molecule has 2 aliphatic rings. The number of fused-ring (bicyclic) bond motifs is 1. The van der Waals surface area contributed by atoms with E-state index in [1.807, 2.05) is 6.92 Å². The predicted molar refractivity (Wildman–Crippen MR) is 116 cm³/mol. The molecule has 31 heavy (non-hydrogen) atoms. The van der Waals surface area contributed by atoms with Crippen molar-refractivity contribution in [2.45, 2.75) is 83.2 Å². The number of carbonyl (C=O) groups is 2. The quantitative estimate of drug-likeness (QED) is 0.432. The Hall–Kier alpha value is -2.19. The van der Waals surface area contributed by atoms with Crippen LogP contribution in [0.25, 0.3) is 0 Å². The minimum atomic E-state index is -1.08. The van der Waals surface area contributed by atoms with Crippen LogP contribution in [0.5, 0.6) is 0 Å². The molecule has 1 aliphatic heterocycles. The second kappa shape index (κ2) is 11.4. The molecule has 0 saturated heterocycles. The number of carboxylic acids is 1. The Balaban J connectivity index is 1.54. The Labute approximate surface area is 183 Å².